The second-order valence-electron chi connectivity index (χ2n) is 2.08. The van der Waals surface area contributed by atoms with Crippen LogP contribution in [0.4, 0.5) is 5.13 Å². The van der Waals surface area contributed by atoms with E-state index in [-0.39, 0.29) is 10.1 Å². The third-order valence-corrected chi connectivity index (χ3v) is 1.78. The van der Waals surface area contributed by atoms with Crippen molar-refractivity contribution in [3.63, 3.8) is 0 Å². The van der Waals surface area contributed by atoms with Gasteiger partial charge in [-0.2, -0.15) is 0 Å². The molecule has 0 saturated carbocycles. The highest BCUT2D eigenvalue weighted by atomic mass is 32.1. The van der Waals surface area contributed by atoms with E-state index in [4.69, 9.17) is 10.5 Å². The normalized spacial score (nSPS) is 9.75. The minimum Gasteiger partial charge on any atom is -0.460 e. The number of nitrogen functional groups attached to an aromatic ring is 1. The topological polar surface area (TPSA) is 78.1 Å². The third-order valence-electron chi connectivity index (χ3n) is 1.05. The number of carbonyl (C=O) groups excluding carboxylic acids is 1. The Balaban J connectivity index is 2.53. The number of anilines is 1. The maximum absolute atomic E-state index is 11.0. The summed E-state index contributed by atoms with van der Waals surface area (Å²) in [5.74, 6) is -0.453. The molecule has 0 spiro atoms. The van der Waals surface area contributed by atoms with Crippen molar-refractivity contribution in [1.82, 2.24) is 10.2 Å². The van der Waals surface area contributed by atoms with Crippen molar-refractivity contribution in [1.29, 1.82) is 0 Å². The maximum atomic E-state index is 11.0. The number of hydrogen-bond acceptors (Lipinski definition) is 6. The highest BCUT2D eigenvalue weighted by molar-refractivity contribution is 7.16. The van der Waals surface area contributed by atoms with E-state index in [1.54, 1.807) is 0 Å². The number of carbonyl (C=O) groups is 1. The largest absolute Gasteiger partial charge is 0.460 e. The lowest BCUT2D eigenvalue weighted by Crippen LogP contribution is -2.05. The Labute approximate surface area is 73.6 Å². The fourth-order valence-corrected chi connectivity index (χ4v) is 1.08. The van der Waals surface area contributed by atoms with E-state index >= 15 is 0 Å². The molecule has 66 valence electrons. The molecule has 0 aromatic carbocycles. The standard InChI is InChI=1S/C6H9N3O2S/c1-2-3-11-5(10)4-8-9-6(7)12-4/h2-3H2,1H3,(H2,7,9). The molecular formula is C6H9N3O2S. The first kappa shape index (κ1) is 8.92. The van der Waals surface area contributed by atoms with E-state index in [1.807, 2.05) is 6.92 Å². The monoisotopic (exact) mass is 187 g/mol. The number of hydrogen-bond donors (Lipinski definition) is 1. The van der Waals surface area contributed by atoms with Crippen LogP contribution >= 0.6 is 11.3 Å². The Hall–Kier alpha value is -1.17. The molecule has 1 aromatic heterocycles. The van der Waals surface area contributed by atoms with E-state index in [0.717, 1.165) is 17.8 Å². The number of aromatic nitrogens is 2. The van der Waals surface area contributed by atoms with E-state index in [1.165, 1.54) is 0 Å². The molecule has 0 fully saturated rings. The van der Waals surface area contributed by atoms with Crippen molar-refractivity contribution >= 4 is 22.4 Å². The van der Waals surface area contributed by atoms with E-state index < -0.39 is 5.97 Å². The molecule has 0 radical (unpaired) electrons. The minimum atomic E-state index is -0.453. The average molecular weight is 187 g/mol. The summed E-state index contributed by atoms with van der Waals surface area (Å²) >= 11 is 1.03. The van der Waals surface area contributed by atoms with E-state index in [2.05, 4.69) is 10.2 Å². The Morgan fingerprint density at radius 1 is 1.67 bits per heavy atom. The van der Waals surface area contributed by atoms with Crippen molar-refractivity contribution in [2.24, 2.45) is 0 Å². The molecule has 0 aliphatic rings. The Kier molecular flexibility index (Phi) is 2.98. The van der Waals surface area contributed by atoms with Crippen LogP contribution in [0, 0.1) is 0 Å². The van der Waals surface area contributed by atoms with Crippen molar-refractivity contribution in [3.05, 3.63) is 5.01 Å². The number of esters is 1. The Bertz CT molecular complexity index is 274. The van der Waals surface area contributed by atoms with Gasteiger partial charge in [0.05, 0.1) is 6.61 Å². The smallest absolute Gasteiger partial charge is 0.369 e. The van der Waals surface area contributed by atoms with Gasteiger partial charge < -0.3 is 10.5 Å². The molecule has 1 heterocycles. The van der Waals surface area contributed by atoms with Crippen LogP contribution < -0.4 is 5.73 Å². The quantitative estimate of drug-likeness (QED) is 0.704. The van der Waals surface area contributed by atoms with Gasteiger partial charge in [-0.1, -0.05) is 18.3 Å². The van der Waals surface area contributed by atoms with Gasteiger partial charge in [0.2, 0.25) is 10.1 Å². The van der Waals surface area contributed by atoms with Crippen molar-refractivity contribution < 1.29 is 9.53 Å². The minimum absolute atomic E-state index is 0.209. The summed E-state index contributed by atoms with van der Waals surface area (Å²) in [5.41, 5.74) is 5.28. The molecule has 0 aliphatic heterocycles. The van der Waals surface area contributed by atoms with Gasteiger partial charge in [-0.3, -0.25) is 0 Å². The summed E-state index contributed by atoms with van der Waals surface area (Å²) < 4.78 is 4.80. The van der Waals surface area contributed by atoms with Gasteiger partial charge in [0.1, 0.15) is 0 Å². The zero-order valence-electron chi connectivity index (χ0n) is 6.61. The summed E-state index contributed by atoms with van der Waals surface area (Å²) in [4.78, 5) is 11.0. The van der Waals surface area contributed by atoms with Crippen LogP contribution in [0.5, 0.6) is 0 Å². The second kappa shape index (κ2) is 4.01. The molecule has 0 aliphatic carbocycles. The lowest BCUT2D eigenvalue weighted by molar-refractivity contribution is 0.0503. The second-order valence-corrected chi connectivity index (χ2v) is 3.09. The molecule has 0 bridgehead atoms. The van der Waals surface area contributed by atoms with E-state index in [9.17, 15) is 4.79 Å². The number of rotatable bonds is 3. The molecule has 0 unspecified atom stereocenters. The first-order chi connectivity index (χ1) is 5.74. The molecule has 0 atom stereocenters. The van der Waals surface area contributed by atoms with Crippen LogP contribution in [-0.4, -0.2) is 22.8 Å². The van der Waals surface area contributed by atoms with Crippen LogP contribution in [0.2, 0.25) is 0 Å². The molecule has 1 rings (SSSR count). The highest BCUT2D eigenvalue weighted by Gasteiger charge is 2.11. The van der Waals surface area contributed by atoms with Gasteiger partial charge in [-0.05, 0) is 6.42 Å². The molecule has 2 N–H and O–H groups in total. The fraction of sp³-hybridized carbons (Fsp3) is 0.500. The number of ether oxygens (including phenoxy) is 1. The van der Waals surface area contributed by atoms with Crippen LogP contribution in [0.15, 0.2) is 0 Å². The van der Waals surface area contributed by atoms with Gasteiger partial charge in [-0.25, -0.2) is 4.79 Å². The molecular weight excluding hydrogens is 178 g/mol. The lowest BCUT2D eigenvalue weighted by Gasteiger charge is -1.96. The van der Waals surface area contributed by atoms with Crippen LogP contribution in [-0.2, 0) is 4.74 Å². The van der Waals surface area contributed by atoms with Crippen molar-refractivity contribution in [3.8, 4) is 0 Å². The maximum Gasteiger partial charge on any atom is 0.369 e. The summed E-state index contributed by atoms with van der Waals surface area (Å²) in [5, 5.41) is 7.51. The molecule has 6 heteroatoms. The number of nitrogens with zero attached hydrogens (tertiary/aromatic N) is 2. The van der Waals surface area contributed by atoms with Gasteiger partial charge in [0.15, 0.2) is 0 Å². The number of nitrogens with two attached hydrogens (primary N) is 1. The van der Waals surface area contributed by atoms with Crippen LogP contribution in [0.25, 0.3) is 0 Å². The van der Waals surface area contributed by atoms with Crippen LogP contribution in [0.3, 0.4) is 0 Å². The molecule has 5 nitrogen and oxygen atoms in total. The highest BCUT2D eigenvalue weighted by Crippen LogP contribution is 2.11. The van der Waals surface area contributed by atoms with Gasteiger partial charge in [0, 0.05) is 0 Å². The molecule has 1 aromatic rings. The van der Waals surface area contributed by atoms with Crippen molar-refractivity contribution in [2.45, 2.75) is 13.3 Å². The SMILES string of the molecule is CCCOC(=O)c1nnc(N)s1. The lowest BCUT2D eigenvalue weighted by atomic mass is 10.5. The van der Waals surface area contributed by atoms with Gasteiger partial charge >= 0.3 is 5.97 Å². The van der Waals surface area contributed by atoms with E-state index in [0.29, 0.717) is 6.61 Å². The van der Waals surface area contributed by atoms with Gasteiger partial charge in [0.25, 0.3) is 0 Å². The predicted octanol–water partition coefficient (Wildman–Crippen LogP) is 0.687. The summed E-state index contributed by atoms with van der Waals surface area (Å²) in [6, 6.07) is 0. The first-order valence-corrected chi connectivity index (χ1v) is 4.31. The average Bonchev–Trinajstić information content (AvgIpc) is 2.47. The first-order valence-electron chi connectivity index (χ1n) is 3.50. The zero-order valence-corrected chi connectivity index (χ0v) is 7.43. The third kappa shape index (κ3) is 2.16. The predicted molar refractivity (Wildman–Crippen MR) is 44.9 cm³/mol. The van der Waals surface area contributed by atoms with Crippen molar-refractivity contribution in [2.75, 3.05) is 12.3 Å². The molecule has 0 amide bonds. The van der Waals surface area contributed by atoms with Crippen LogP contribution in [0.1, 0.15) is 23.1 Å². The molecule has 0 saturated heterocycles. The summed E-state index contributed by atoms with van der Waals surface area (Å²) in [6.45, 7) is 2.32. The zero-order chi connectivity index (χ0) is 8.97. The Morgan fingerprint density at radius 2 is 2.42 bits per heavy atom. The van der Waals surface area contributed by atoms with Gasteiger partial charge in [-0.15, -0.1) is 10.2 Å². The summed E-state index contributed by atoms with van der Waals surface area (Å²) in [7, 11) is 0. The summed E-state index contributed by atoms with van der Waals surface area (Å²) in [6.07, 6.45) is 0.792. The fourth-order valence-electron chi connectivity index (χ4n) is 0.574. The molecule has 12 heavy (non-hydrogen) atoms. The Morgan fingerprint density at radius 3 is 2.92 bits per heavy atom.